The summed E-state index contributed by atoms with van der Waals surface area (Å²) in [7, 11) is 1.58. The molecule has 6 nitrogen and oxygen atoms in total. The van der Waals surface area contributed by atoms with Gasteiger partial charge in [0.2, 0.25) is 0 Å². The van der Waals surface area contributed by atoms with Gasteiger partial charge in [0.1, 0.15) is 17.6 Å². The second kappa shape index (κ2) is 7.65. The quantitative estimate of drug-likeness (QED) is 0.720. The van der Waals surface area contributed by atoms with E-state index in [1.807, 2.05) is 19.1 Å². The Bertz CT molecular complexity index is 480. The Hall–Kier alpha value is -1.53. The van der Waals surface area contributed by atoms with E-state index >= 15 is 0 Å². The average molecular weight is 310 g/mol. The molecule has 2 amide bonds. The van der Waals surface area contributed by atoms with Crippen molar-refractivity contribution in [3.8, 4) is 0 Å². The van der Waals surface area contributed by atoms with Gasteiger partial charge in [-0.05, 0) is 25.0 Å². The average Bonchev–Trinajstić information content (AvgIpc) is 3.14. The monoisotopic (exact) mass is 310 g/mol. The molecular formula is C16H26N2O4. The first kappa shape index (κ1) is 16.8. The molecule has 0 bridgehead atoms. The van der Waals surface area contributed by atoms with E-state index in [0.717, 1.165) is 37.9 Å². The third-order valence-corrected chi connectivity index (χ3v) is 4.13. The number of hydrogen-bond donors (Lipinski definition) is 3. The summed E-state index contributed by atoms with van der Waals surface area (Å²) >= 11 is 0. The number of nitrogens with one attached hydrogen (secondary N) is 2. The highest BCUT2D eigenvalue weighted by atomic mass is 16.5. The number of aryl methyl sites for hydroxylation is 1. The highest BCUT2D eigenvalue weighted by molar-refractivity contribution is 5.74. The third-order valence-electron chi connectivity index (χ3n) is 4.13. The molecule has 22 heavy (non-hydrogen) atoms. The minimum Gasteiger partial charge on any atom is -0.464 e. The molecule has 1 aromatic rings. The molecule has 124 valence electrons. The number of urea groups is 1. The van der Waals surface area contributed by atoms with Crippen molar-refractivity contribution in [2.24, 2.45) is 0 Å². The molecule has 1 atom stereocenters. The van der Waals surface area contributed by atoms with Gasteiger partial charge in [0.25, 0.3) is 0 Å². The van der Waals surface area contributed by atoms with Gasteiger partial charge < -0.3 is 24.9 Å². The van der Waals surface area contributed by atoms with Crippen molar-refractivity contribution in [2.45, 2.75) is 50.7 Å². The molecule has 1 heterocycles. The van der Waals surface area contributed by atoms with Gasteiger partial charge >= 0.3 is 6.03 Å². The number of methoxy groups -OCH3 is 1. The van der Waals surface area contributed by atoms with Gasteiger partial charge in [-0.25, -0.2) is 4.79 Å². The lowest BCUT2D eigenvalue weighted by Crippen LogP contribution is -2.46. The molecular weight excluding hydrogens is 284 g/mol. The molecule has 0 aliphatic heterocycles. The third kappa shape index (κ3) is 4.48. The summed E-state index contributed by atoms with van der Waals surface area (Å²) in [5, 5.41) is 15.8. The van der Waals surface area contributed by atoms with Crippen LogP contribution in [-0.4, -0.2) is 37.0 Å². The van der Waals surface area contributed by atoms with Gasteiger partial charge in [0.05, 0.1) is 12.2 Å². The normalized spacial score (nSPS) is 18.1. The molecule has 1 aromatic heterocycles. The van der Waals surface area contributed by atoms with E-state index in [0.29, 0.717) is 12.4 Å². The zero-order valence-electron chi connectivity index (χ0n) is 13.4. The van der Waals surface area contributed by atoms with Crippen molar-refractivity contribution < 1.29 is 19.1 Å². The van der Waals surface area contributed by atoms with Crippen LogP contribution in [0.4, 0.5) is 4.79 Å². The molecule has 0 saturated heterocycles. The standard InChI is InChI=1S/C16H26N2O4/c1-3-12-6-7-14(22-12)13(10-21-2)18-15(19)17-11-16(20)8-4-5-9-16/h6-7,13,20H,3-5,8-11H2,1-2H3,(H2,17,18,19). The number of hydrogen-bond acceptors (Lipinski definition) is 4. The van der Waals surface area contributed by atoms with E-state index < -0.39 is 5.60 Å². The van der Waals surface area contributed by atoms with Crippen LogP contribution in [0.25, 0.3) is 0 Å². The predicted octanol–water partition coefficient (Wildman–Crippen LogP) is 2.13. The maximum atomic E-state index is 12.0. The molecule has 6 heteroatoms. The minimum atomic E-state index is -0.756. The van der Waals surface area contributed by atoms with Gasteiger partial charge in [-0.15, -0.1) is 0 Å². The lowest BCUT2D eigenvalue weighted by atomic mass is 10.0. The molecule has 1 saturated carbocycles. The van der Waals surface area contributed by atoms with Crippen molar-refractivity contribution in [1.29, 1.82) is 0 Å². The van der Waals surface area contributed by atoms with Crippen molar-refractivity contribution in [2.75, 3.05) is 20.3 Å². The topological polar surface area (TPSA) is 83.7 Å². The lowest BCUT2D eigenvalue weighted by Gasteiger charge is -2.23. The highest BCUT2D eigenvalue weighted by Gasteiger charge is 2.31. The van der Waals surface area contributed by atoms with Crippen molar-refractivity contribution in [3.63, 3.8) is 0 Å². The molecule has 1 aliphatic rings. The SMILES string of the molecule is CCc1ccc(C(COC)NC(=O)NCC2(O)CCCC2)o1. The Morgan fingerprint density at radius 3 is 2.77 bits per heavy atom. The first-order chi connectivity index (χ1) is 10.6. The van der Waals surface area contributed by atoms with Gasteiger partial charge in [-0.1, -0.05) is 19.8 Å². The fraction of sp³-hybridized carbons (Fsp3) is 0.688. The Morgan fingerprint density at radius 1 is 1.45 bits per heavy atom. The van der Waals surface area contributed by atoms with E-state index in [9.17, 15) is 9.90 Å². The first-order valence-corrected chi connectivity index (χ1v) is 7.90. The number of amides is 2. The Kier molecular flexibility index (Phi) is 5.85. The summed E-state index contributed by atoms with van der Waals surface area (Å²) in [4.78, 5) is 12.0. The number of furan rings is 1. The second-order valence-corrected chi connectivity index (χ2v) is 5.92. The van der Waals surface area contributed by atoms with Crippen LogP contribution in [0.5, 0.6) is 0 Å². The zero-order valence-corrected chi connectivity index (χ0v) is 13.4. The Labute approximate surface area is 131 Å². The fourth-order valence-corrected chi connectivity index (χ4v) is 2.80. The second-order valence-electron chi connectivity index (χ2n) is 5.92. The van der Waals surface area contributed by atoms with Crippen LogP contribution in [0.3, 0.4) is 0 Å². The summed E-state index contributed by atoms with van der Waals surface area (Å²) in [5.74, 6) is 1.55. The summed E-state index contributed by atoms with van der Waals surface area (Å²) in [6.45, 7) is 2.61. The maximum Gasteiger partial charge on any atom is 0.315 e. The first-order valence-electron chi connectivity index (χ1n) is 7.90. The number of rotatable bonds is 7. The van der Waals surface area contributed by atoms with E-state index in [1.165, 1.54) is 0 Å². The maximum absolute atomic E-state index is 12.0. The summed E-state index contributed by atoms with van der Waals surface area (Å²) < 4.78 is 10.8. The van der Waals surface area contributed by atoms with Crippen LogP contribution < -0.4 is 10.6 Å². The smallest absolute Gasteiger partial charge is 0.315 e. The molecule has 2 rings (SSSR count). The molecule has 0 radical (unpaired) electrons. The van der Waals surface area contributed by atoms with Crippen LogP contribution in [0.1, 0.15) is 50.2 Å². The zero-order chi connectivity index (χ0) is 16.0. The summed E-state index contributed by atoms with van der Waals surface area (Å²) in [5.41, 5.74) is -0.756. The minimum absolute atomic E-state index is 0.275. The molecule has 1 unspecified atom stereocenters. The predicted molar refractivity (Wildman–Crippen MR) is 82.7 cm³/mol. The number of carbonyl (C=O) groups excluding carboxylic acids is 1. The molecule has 1 fully saturated rings. The number of ether oxygens (including phenoxy) is 1. The van der Waals surface area contributed by atoms with Crippen molar-refractivity contribution in [1.82, 2.24) is 10.6 Å². The van der Waals surface area contributed by atoms with Crippen molar-refractivity contribution in [3.05, 3.63) is 23.7 Å². The van der Waals surface area contributed by atoms with Crippen LogP contribution in [0.2, 0.25) is 0 Å². The summed E-state index contributed by atoms with van der Waals surface area (Å²) in [6.07, 6.45) is 4.31. The van der Waals surface area contributed by atoms with Gasteiger partial charge in [0.15, 0.2) is 0 Å². The van der Waals surface area contributed by atoms with E-state index in [2.05, 4.69) is 10.6 Å². The fourth-order valence-electron chi connectivity index (χ4n) is 2.80. The molecule has 3 N–H and O–H groups in total. The largest absolute Gasteiger partial charge is 0.464 e. The highest BCUT2D eigenvalue weighted by Crippen LogP contribution is 2.28. The van der Waals surface area contributed by atoms with Crippen LogP contribution in [0.15, 0.2) is 16.5 Å². The van der Waals surface area contributed by atoms with Crippen LogP contribution in [0, 0.1) is 0 Å². The van der Waals surface area contributed by atoms with Gasteiger partial charge in [-0.3, -0.25) is 0 Å². The van der Waals surface area contributed by atoms with Gasteiger partial charge in [0, 0.05) is 20.1 Å². The van der Waals surface area contributed by atoms with Crippen molar-refractivity contribution >= 4 is 6.03 Å². The molecule has 0 aromatic carbocycles. The molecule has 0 spiro atoms. The number of aliphatic hydroxyl groups is 1. The van der Waals surface area contributed by atoms with Gasteiger partial charge in [-0.2, -0.15) is 0 Å². The van der Waals surface area contributed by atoms with E-state index in [1.54, 1.807) is 7.11 Å². The Morgan fingerprint density at radius 2 is 2.18 bits per heavy atom. The van der Waals surface area contributed by atoms with E-state index in [4.69, 9.17) is 9.15 Å². The van der Waals surface area contributed by atoms with Crippen LogP contribution in [-0.2, 0) is 11.2 Å². The summed E-state index contributed by atoms with van der Waals surface area (Å²) in [6, 6.07) is 3.09. The van der Waals surface area contributed by atoms with Crippen LogP contribution >= 0.6 is 0 Å². The lowest BCUT2D eigenvalue weighted by molar-refractivity contribution is 0.0498. The Balaban J connectivity index is 1.88. The molecule has 1 aliphatic carbocycles. The van der Waals surface area contributed by atoms with E-state index in [-0.39, 0.29) is 18.6 Å². The number of carbonyl (C=O) groups is 1.